The molecule has 2 heterocycles. The number of carbonyl (C=O) groups excluding carboxylic acids is 2. The summed E-state index contributed by atoms with van der Waals surface area (Å²) < 4.78 is 5.80. The summed E-state index contributed by atoms with van der Waals surface area (Å²) in [6, 6.07) is 3.55. The van der Waals surface area contributed by atoms with Gasteiger partial charge in [0.15, 0.2) is 0 Å². The quantitative estimate of drug-likeness (QED) is 0.717. The number of esters is 1. The average Bonchev–Trinajstić information content (AvgIpc) is 2.59. The number of nitrogens with zero attached hydrogens (tertiary/aromatic N) is 3. The zero-order valence-electron chi connectivity index (χ0n) is 14.9. The monoisotopic (exact) mass is 412 g/mol. The zero-order chi connectivity index (χ0) is 18.4. The van der Waals surface area contributed by atoms with Gasteiger partial charge in [0.05, 0.1) is 7.11 Å². The highest BCUT2D eigenvalue weighted by atomic mass is 79.9. The van der Waals surface area contributed by atoms with Gasteiger partial charge in [0.25, 0.3) is 0 Å². The van der Waals surface area contributed by atoms with E-state index in [1.807, 2.05) is 0 Å². The Morgan fingerprint density at radius 2 is 2.20 bits per heavy atom. The molecule has 1 aliphatic heterocycles. The van der Waals surface area contributed by atoms with Crippen LogP contribution in [0.1, 0.15) is 20.3 Å². The summed E-state index contributed by atoms with van der Waals surface area (Å²) in [5.41, 5.74) is 0. The van der Waals surface area contributed by atoms with Gasteiger partial charge in [0.2, 0.25) is 5.91 Å². The van der Waals surface area contributed by atoms with Gasteiger partial charge in [0, 0.05) is 49.3 Å². The lowest BCUT2D eigenvalue weighted by Gasteiger charge is -2.41. The van der Waals surface area contributed by atoms with Crippen molar-refractivity contribution in [3.05, 3.63) is 22.8 Å². The van der Waals surface area contributed by atoms with Crippen molar-refractivity contribution in [1.82, 2.24) is 14.8 Å². The third kappa shape index (κ3) is 5.76. The standard InChI is InChI=1S/C17H25BrN4O3/c1-12(2)22-9-8-21(11-14(22)17(24)25-3)7-5-16(23)20-15-10-13(18)4-6-19-15/h4,6,10,12,14H,5,7-9,11H2,1-3H3,(H,19,20,23). The van der Waals surface area contributed by atoms with Gasteiger partial charge in [-0.15, -0.1) is 0 Å². The molecule has 7 nitrogen and oxygen atoms in total. The van der Waals surface area contributed by atoms with Crippen LogP contribution in [-0.4, -0.2) is 72.0 Å². The first-order valence-electron chi connectivity index (χ1n) is 8.38. The van der Waals surface area contributed by atoms with Crippen LogP contribution in [0.5, 0.6) is 0 Å². The molecule has 1 amide bonds. The molecule has 1 fully saturated rings. The van der Waals surface area contributed by atoms with Crippen molar-refractivity contribution < 1.29 is 14.3 Å². The Labute approximate surface area is 156 Å². The van der Waals surface area contributed by atoms with Crippen molar-refractivity contribution in [2.24, 2.45) is 0 Å². The van der Waals surface area contributed by atoms with E-state index in [4.69, 9.17) is 4.74 Å². The number of anilines is 1. The molecule has 0 spiro atoms. The minimum absolute atomic E-state index is 0.0912. The van der Waals surface area contributed by atoms with Gasteiger partial charge in [-0.05, 0) is 26.0 Å². The molecule has 0 saturated carbocycles. The first-order valence-corrected chi connectivity index (χ1v) is 9.17. The van der Waals surface area contributed by atoms with Crippen molar-refractivity contribution in [1.29, 1.82) is 0 Å². The largest absolute Gasteiger partial charge is 0.468 e. The van der Waals surface area contributed by atoms with Crippen LogP contribution in [0.25, 0.3) is 0 Å². The van der Waals surface area contributed by atoms with Crippen LogP contribution in [0.15, 0.2) is 22.8 Å². The van der Waals surface area contributed by atoms with Crippen LogP contribution in [0.2, 0.25) is 0 Å². The normalized spacial score (nSPS) is 19.0. The van der Waals surface area contributed by atoms with Crippen LogP contribution in [0.4, 0.5) is 5.82 Å². The Bertz CT molecular complexity index is 611. The predicted octanol–water partition coefficient (Wildman–Crippen LogP) is 1.74. The van der Waals surface area contributed by atoms with E-state index in [2.05, 4.69) is 49.9 Å². The van der Waals surface area contributed by atoms with Crippen LogP contribution < -0.4 is 5.32 Å². The van der Waals surface area contributed by atoms with Crippen LogP contribution >= 0.6 is 15.9 Å². The van der Waals surface area contributed by atoms with E-state index in [0.717, 1.165) is 17.6 Å². The molecule has 2 rings (SSSR count). The van der Waals surface area contributed by atoms with Crippen molar-refractivity contribution in [3.63, 3.8) is 0 Å². The number of pyridine rings is 1. The van der Waals surface area contributed by atoms with E-state index in [9.17, 15) is 9.59 Å². The van der Waals surface area contributed by atoms with Gasteiger partial charge in [-0.3, -0.25) is 19.4 Å². The van der Waals surface area contributed by atoms with Gasteiger partial charge >= 0.3 is 5.97 Å². The van der Waals surface area contributed by atoms with E-state index < -0.39 is 0 Å². The maximum absolute atomic E-state index is 12.1. The molecule has 1 aromatic rings. The van der Waals surface area contributed by atoms with Gasteiger partial charge in [-0.1, -0.05) is 15.9 Å². The number of piperazine rings is 1. The van der Waals surface area contributed by atoms with Crippen molar-refractivity contribution >= 4 is 33.6 Å². The Balaban J connectivity index is 1.86. The number of ether oxygens (including phenoxy) is 1. The molecule has 138 valence electrons. The number of halogens is 1. The number of aromatic nitrogens is 1. The molecule has 1 atom stereocenters. The number of rotatable bonds is 6. The smallest absolute Gasteiger partial charge is 0.324 e. The third-order valence-corrected chi connectivity index (χ3v) is 4.78. The molecule has 1 aliphatic rings. The first kappa shape index (κ1) is 19.8. The average molecular weight is 413 g/mol. The Morgan fingerprint density at radius 3 is 2.84 bits per heavy atom. The molecule has 0 bridgehead atoms. The van der Waals surface area contributed by atoms with Gasteiger partial charge in [-0.2, -0.15) is 0 Å². The lowest BCUT2D eigenvalue weighted by atomic mass is 10.1. The molecular weight excluding hydrogens is 388 g/mol. The summed E-state index contributed by atoms with van der Waals surface area (Å²) in [6.07, 6.45) is 1.98. The molecule has 8 heteroatoms. The van der Waals surface area contributed by atoms with Crippen LogP contribution in [0.3, 0.4) is 0 Å². The van der Waals surface area contributed by atoms with Gasteiger partial charge in [-0.25, -0.2) is 4.98 Å². The van der Waals surface area contributed by atoms with Crippen LogP contribution in [-0.2, 0) is 14.3 Å². The molecule has 1 aromatic heterocycles. The number of hydrogen-bond donors (Lipinski definition) is 1. The SMILES string of the molecule is COC(=O)C1CN(CCC(=O)Nc2cc(Br)ccn2)CCN1C(C)C. The molecule has 1 unspecified atom stereocenters. The molecule has 1 saturated heterocycles. The lowest BCUT2D eigenvalue weighted by Crippen LogP contribution is -2.58. The van der Waals surface area contributed by atoms with Crippen molar-refractivity contribution in [2.45, 2.75) is 32.4 Å². The predicted molar refractivity (Wildman–Crippen MR) is 99.3 cm³/mol. The number of methoxy groups -OCH3 is 1. The minimum Gasteiger partial charge on any atom is -0.468 e. The summed E-state index contributed by atoms with van der Waals surface area (Å²) in [4.78, 5) is 32.6. The number of carbonyl (C=O) groups is 2. The molecule has 25 heavy (non-hydrogen) atoms. The van der Waals surface area contributed by atoms with Crippen molar-refractivity contribution in [2.75, 3.05) is 38.6 Å². The van der Waals surface area contributed by atoms with E-state index >= 15 is 0 Å². The third-order valence-electron chi connectivity index (χ3n) is 4.29. The van der Waals surface area contributed by atoms with E-state index in [-0.39, 0.29) is 24.0 Å². The lowest BCUT2D eigenvalue weighted by molar-refractivity contribution is -0.150. The molecule has 1 N–H and O–H groups in total. The number of amides is 1. The van der Waals surface area contributed by atoms with E-state index in [1.54, 1.807) is 18.3 Å². The van der Waals surface area contributed by atoms with E-state index in [1.165, 1.54) is 7.11 Å². The molecular formula is C17H25BrN4O3. The molecule has 0 aliphatic carbocycles. The van der Waals surface area contributed by atoms with Gasteiger partial charge in [0.1, 0.15) is 11.9 Å². The maximum Gasteiger partial charge on any atom is 0.324 e. The molecule has 0 aromatic carbocycles. The number of nitrogens with one attached hydrogen (secondary N) is 1. The summed E-state index contributed by atoms with van der Waals surface area (Å²) in [7, 11) is 1.41. The summed E-state index contributed by atoms with van der Waals surface area (Å²) in [5.74, 6) is 0.212. The van der Waals surface area contributed by atoms with E-state index in [0.29, 0.717) is 25.3 Å². The summed E-state index contributed by atoms with van der Waals surface area (Å²) in [5, 5.41) is 2.79. The fraction of sp³-hybridized carbons (Fsp3) is 0.588. The topological polar surface area (TPSA) is 74.8 Å². The Hall–Kier alpha value is -1.51. The highest BCUT2D eigenvalue weighted by molar-refractivity contribution is 9.10. The second-order valence-electron chi connectivity index (χ2n) is 6.33. The zero-order valence-corrected chi connectivity index (χ0v) is 16.5. The van der Waals surface area contributed by atoms with Crippen LogP contribution in [0, 0.1) is 0 Å². The van der Waals surface area contributed by atoms with Gasteiger partial charge < -0.3 is 10.1 Å². The highest BCUT2D eigenvalue weighted by Crippen LogP contribution is 2.16. The first-order chi connectivity index (χ1) is 11.9. The minimum atomic E-state index is -0.284. The second-order valence-corrected chi connectivity index (χ2v) is 7.24. The Kier molecular flexibility index (Phi) is 7.34. The van der Waals surface area contributed by atoms with Crippen molar-refractivity contribution in [3.8, 4) is 0 Å². The molecule has 0 radical (unpaired) electrons. The fourth-order valence-corrected chi connectivity index (χ4v) is 3.29. The highest BCUT2D eigenvalue weighted by Gasteiger charge is 2.34. The Morgan fingerprint density at radius 1 is 1.44 bits per heavy atom. The number of hydrogen-bond acceptors (Lipinski definition) is 6. The fourth-order valence-electron chi connectivity index (χ4n) is 2.96. The summed E-state index contributed by atoms with van der Waals surface area (Å²) in [6.45, 7) is 6.93. The summed E-state index contributed by atoms with van der Waals surface area (Å²) >= 11 is 3.35. The maximum atomic E-state index is 12.1. The second kappa shape index (κ2) is 9.26.